The van der Waals surface area contributed by atoms with E-state index in [9.17, 15) is 17.6 Å². The smallest absolute Gasteiger partial charge is 0.248 e. The van der Waals surface area contributed by atoms with Gasteiger partial charge in [0.25, 0.3) is 0 Å². The summed E-state index contributed by atoms with van der Waals surface area (Å²) in [6.45, 7) is 1.93. The van der Waals surface area contributed by atoms with Gasteiger partial charge >= 0.3 is 0 Å². The summed E-state index contributed by atoms with van der Waals surface area (Å²) in [6, 6.07) is 7.59. The lowest BCUT2D eigenvalue weighted by Gasteiger charge is -2.24. The zero-order chi connectivity index (χ0) is 27.1. The number of benzene rings is 2. The van der Waals surface area contributed by atoms with Crippen LogP contribution in [0.25, 0.3) is 10.9 Å². The Balaban J connectivity index is 1.55. The van der Waals surface area contributed by atoms with Gasteiger partial charge in [-0.2, -0.15) is 0 Å². The molecule has 0 atom stereocenters. The van der Waals surface area contributed by atoms with E-state index in [1.165, 1.54) is 30.6 Å². The van der Waals surface area contributed by atoms with E-state index in [0.29, 0.717) is 60.1 Å². The third-order valence-electron chi connectivity index (χ3n) is 5.79. The summed E-state index contributed by atoms with van der Waals surface area (Å²) in [7, 11) is -1.41. The molecule has 3 aromatic rings. The first kappa shape index (κ1) is 27.7. The SMILES string of the molecule is COCCOc1cc2ncnc(Nc3ccc(F)c(Cl)c3)c2cc1NC(=O)/C=C/CN1CCS(=O)(=O)CC1. The van der Waals surface area contributed by atoms with Crippen molar-refractivity contribution in [2.24, 2.45) is 0 Å². The number of nitrogens with zero attached hydrogens (tertiary/aromatic N) is 3. The van der Waals surface area contributed by atoms with Gasteiger partial charge in [0.05, 0.1) is 34.3 Å². The minimum atomic E-state index is -2.96. The Bertz CT molecular complexity index is 1440. The number of nitrogens with one attached hydrogen (secondary N) is 2. The Kier molecular flexibility index (Phi) is 9.10. The van der Waals surface area contributed by atoms with Crippen molar-refractivity contribution >= 4 is 55.4 Å². The lowest BCUT2D eigenvalue weighted by atomic mass is 10.1. The molecule has 0 radical (unpaired) electrons. The molecular weight excluding hydrogens is 537 g/mol. The van der Waals surface area contributed by atoms with Crippen LogP contribution in [-0.2, 0) is 19.4 Å². The zero-order valence-corrected chi connectivity index (χ0v) is 22.2. The highest BCUT2D eigenvalue weighted by molar-refractivity contribution is 7.91. The first-order chi connectivity index (χ1) is 18.2. The third-order valence-corrected chi connectivity index (χ3v) is 7.69. The van der Waals surface area contributed by atoms with Gasteiger partial charge in [-0.15, -0.1) is 0 Å². The molecule has 1 aliphatic heterocycles. The van der Waals surface area contributed by atoms with Crippen molar-refractivity contribution < 1.29 is 27.1 Å². The molecule has 38 heavy (non-hydrogen) atoms. The number of hydrogen-bond donors (Lipinski definition) is 2. The van der Waals surface area contributed by atoms with Crippen molar-refractivity contribution in [3.8, 4) is 5.75 Å². The second-order valence-electron chi connectivity index (χ2n) is 8.53. The third kappa shape index (κ3) is 7.38. The van der Waals surface area contributed by atoms with Crippen molar-refractivity contribution in [1.29, 1.82) is 0 Å². The highest BCUT2D eigenvalue weighted by Gasteiger charge is 2.20. The topological polar surface area (TPSA) is 123 Å². The highest BCUT2D eigenvalue weighted by Crippen LogP contribution is 2.34. The van der Waals surface area contributed by atoms with E-state index < -0.39 is 15.7 Å². The number of fused-ring (bicyclic) bond motifs is 1. The standard InChI is InChI=1S/C25H27ClFN5O5S/c1-36-9-10-37-23-15-21-18(25(29-16-28-21)30-17-4-5-20(27)19(26)13-17)14-22(23)31-24(33)3-2-6-32-7-11-38(34,35)12-8-32/h2-5,13-16H,6-12H2,1H3,(H,31,33)(H,28,29,30)/b3-2+. The second-order valence-corrected chi connectivity index (χ2v) is 11.2. The summed E-state index contributed by atoms with van der Waals surface area (Å²) in [5.41, 5.74) is 1.47. The normalized spacial score (nSPS) is 15.6. The van der Waals surface area contributed by atoms with Gasteiger partial charge in [0.1, 0.15) is 30.3 Å². The molecule has 202 valence electrons. The first-order valence-electron chi connectivity index (χ1n) is 11.8. The van der Waals surface area contributed by atoms with Crippen LogP contribution in [-0.4, -0.2) is 80.7 Å². The van der Waals surface area contributed by atoms with Crippen LogP contribution >= 0.6 is 11.6 Å². The van der Waals surface area contributed by atoms with Crippen LogP contribution in [0.15, 0.2) is 48.8 Å². The average Bonchev–Trinajstić information content (AvgIpc) is 2.88. The molecule has 1 saturated heterocycles. The van der Waals surface area contributed by atoms with Crippen molar-refractivity contribution in [2.75, 3.05) is 62.1 Å². The van der Waals surface area contributed by atoms with E-state index in [-0.39, 0.29) is 29.0 Å². The first-order valence-corrected chi connectivity index (χ1v) is 14.0. The molecule has 1 amide bonds. The summed E-state index contributed by atoms with van der Waals surface area (Å²) in [6.07, 6.45) is 4.46. The molecule has 2 heterocycles. The van der Waals surface area contributed by atoms with Gasteiger partial charge in [0, 0.05) is 50.0 Å². The Hall–Kier alpha value is -3.32. The van der Waals surface area contributed by atoms with Crippen LogP contribution < -0.4 is 15.4 Å². The number of anilines is 3. The quantitative estimate of drug-likeness (QED) is 0.282. The molecule has 1 aromatic heterocycles. The fraction of sp³-hybridized carbons (Fsp3) is 0.320. The van der Waals surface area contributed by atoms with E-state index in [0.717, 1.165) is 0 Å². The Morgan fingerprint density at radius 1 is 1.18 bits per heavy atom. The number of carbonyl (C=O) groups is 1. The van der Waals surface area contributed by atoms with Crippen molar-refractivity contribution in [3.05, 3.63) is 59.7 Å². The number of rotatable bonds is 10. The largest absolute Gasteiger partial charge is 0.489 e. The number of ether oxygens (including phenoxy) is 2. The number of amides is 1. The zero-order valence-electron chi connectivity index (χ0n) is 20.6. The van der Waals surface area contributed by atoms with E-state index >= 15 is 0 Å². The molecule has 2 aromatic carbocycles. The molecule has 4 rings (SSSR count). The number of aromatic nitrogens is 2. The van der Waals surface area contributed by atoms with Crippen LogP contribution in [0.1, 0.15) is 0 Å². The molecular formula is C25H27ClFN5O5S. The van der Waals surface area contributed by atoms with E-state index in [1.54, 1.807) is 25.3 Å². The molecule has 13 heteroatoms. The van der Waals surface area contributed by atoms with Crippen molar-refractivity contribution in [2.45, 2.75) is 0 Å². The molecule has 0 bridgehead atoms. The van der Waals surface area contributed by atoms with Crippen molar-refractivity contribution in [1.82, 2.24) is 14.9 Å². The maximum Gasteiger partial charge on any atom is 0.248 e. The number of methoxy groups -OCH3 is 1. The molecule has 1 aliphatic rings. The summed E-state index contributed by atoms with van der Waals surface area (Å²) in [5, 5.41) is 6.48. The summed E-state index contributed by atoms with van der Waals surface area (Å²) < 4.78 is 47.7. The molecule has 10 nitrogen and oxygen atoms in total. The molecule has 1 fully saturated rings. The van der Waals surface area contributed by atoms with E-state index in [2.05, 4.69) is 20.6 Å². The molecule has 0 saturated carbocycles. The van der Waals surface area contributed by atoms with Gasteiger partial charge in [0.15, 0.2) is 9.84 Å². The molecule has 0 spiro atoms. The maximum absolute atomic E-state index is 13.6. The van der Waals surface area contributed by atoms with Gasteiger partial charge in [0.2, 0.25) is 5.91 Å². The van der Waals surface area contributed by atoms with E-state index in [1.807, 2.05) is 4.90 Å². The monoisotopic (exact) mass is 563 g/mol. The summed E-state index contributed by atoms with van der Waals surface area (Å²) in [4.78, 5) is 23.3. The predicted octanol–water partition coefficient (Wildman–Crippen LogP) is 3.42. The highest BCUT2D eigenvalue weighted by atomic mass is 35.5. The number of carbonyl (C=O) groups excluding carboxylic acids is 1. The van der Waals surface area contributed by atoms with E-state index in [4.69, 9.17) is 21.1 Å². The van der Waals surface area contributed by atoms with Crippen LogP contribution in [0.3, 0.4) is 0 Å². The van der Waals surface area contributed by atoms with Crippen LogP contribution in [0.2, 0.25) is 5.02 Å². The molecule has 0 unspecified atom stereocenters. The fourth-order valence-electron chi connectivity index (χ4n) is 3.76. The average molecular weight is 564 g/mol. The van der Waals surface area contributed by atoms with Gasteiger partial charge in [-0.05, 0) is 24.3 Å². The molecule has 2 N–H and O–H groups in total. The predicted molar refractivity (Wildman–Crippen MR) is 144 cm³/mol. The Morgan fingerprint density at radius 2 is 1.97 bits per heavy atom. The van der Waals surface area contributed by atoms with Gasteiger partial charge in [-0.25, -0.2) is 22.8 Å². The number of sulfone groups is 1. The lowest BCUT2D eigenvalue weighted by Crippen LogP contribution is -2.40. The van der Waals surface area contributed by atoms with Crippen LogP contribution in [0.4, 0.5) is 21.6 Å². The van der Waals surface area contributed by atoms with Crippen LogP contribution in [0, 0.1) is 5.82 Å². The fourth-order valence-corrected chi connectivity index (χ4v) is 5.22. The van der Waals surface area contributed by atoms with Gasteiger partial charge in [-0.1, -0.05) is 17.7 Å². The second kappa shape index (κ2) is 12.5. The Labute approximate surface area is 224 Å². The maximum atomic E-state index is 13.6. The Morgan fingerprint density at radius 3 is 2.71 bits per heavy atom. The lowest BCUT2D eigenvalue weighted by molar-refractivity contribution is -0.111. The van der Waals surface area contributed by atoms with Crippen LogP contribution in [0.5, 0.6) is 5.75 Å². The minimum absolute atomic E-state index is 0.0342. The minimum Gasteiger partial charge on any atom is -0.489 e. The molecule has 0 aliphatic carbocycles. The number of hydrogen-bond acceptors (Lipinski definition) is 9. The van der Waals surface area contributed by atoms with Crippen molar-refractivity contribution in [3.63, 3.8) is 0 Å². The summed E-state index contributed by atoms with van der Waals surface area (Å²) in [5.74, 6) is 0.136. The van der Waals surface area contributed by atoms with Gasteiger partial charge in [-0.3, -0.25) is 9.69 Å². The van der Waals surface area contributed by atoms with Gasteiger partial charge < -0.3 is 20.1 Å². The number of halogens is 2. The summed E-state index contributed by atoms with van der Waals surface area (Å²) >= 11 is 5.91.